The number of hydrogen-bond donors (Lipinski definition) is 0. The minimum absolute atomic E-state index is 0.0802. The third-order valence-electron chi connectivity index (χ3n) is 2.43. The molecule has 0 bridgehead atoms. The predicted molar refractivity (Wildman–Crippen MR) is 73.7 cm³/mol. The molecule has 5 heteroatoms. The molecule has 0 saturated carbocycles. The number of halogens is 3. The highest BCUT2D eigenvalue weighted by Crippen LogP contribution is 2.26. The summed E-state index contributed by atoms with van der Waals surface area (Å²) in [6.07, 6.45) is 1.63. The van der Waals surface area contributed by atoms with Gasteiger partial charge in [0.25, 0.3) is 0 Å². The molecule has 0 atom stereocenters. The summed E-state index contributed by atoms with van der Waals surface area (Å²) in [7, 11) is 0. The van der Waals surface area contributed by atoms with Crippen LogP contribution in [0, 0.1) is 0 Å². The van der Waals surface area contributed by atoms with Gasteiger partial charge in [0.05, 0.1) is 10.0 Å². The Morgan fingerprint density at radius 3 is 2.56 bits per heavy atom. The summed E-state index contributed by atoms with van der Waals surface area (Å²) in [4.78, 5) is 15.9. The minimum atomic E-state index is -0.0802. The second-order valence-corrected chi connectivity index (χ2v) is 4.85. The van der Waals surface area contributed by atoms with Gasteiger partial charge in [-0.1, -0.05) is 46.9 Å². The molecule has 2 nitrogen and oxygen atoms in total. The molecule has 0 saturated heterocycles. The van der Waals surface area contributed by atoms with Crippen LogP contribution >= 0.6 is 34.8 Å². The highest BCUT2D eigenvalue weighted by atomic mass is 35.5. The molecule has 0 amide bonds. The number of hydrogen-bond acceptors (Lipinski definition) is 2. The molecule has 0 radical (unpaired) electrons. The lowest BCUT2D eigenvalue weighted by molar-refractivity contribution is 0.0992. The van der Waals surface area contributed by atoms with Gasteiger partial charge in [-0.05, 0) is 23.8 Å². The first kappa shape index (κ1) is 13.3. The molecule has 0 aliphatic carbocycles. The molecule has 0 aliphatic heterocycles. The van der Waals surface area contributed by atoms with E-state index in [9.17, 15) is 4.79 Å². The van der Waals surface area contributed by atoms with E-state index in [1.807, 2.05) is 0 Å². The van der Waals surface area contributed by atoms with Gasteiger partial charge in [0.2, 0.25) is 0 Å². The fourth-order valence-electron chi connectivity index (χ4n) is 1.50. The van der Waals surface area contributed by atoms with Crippen LogP contribution in [0.15, 0.2) is 36.5 Å². The largest absolute Gasteiger partial charge is 0.294 e. The molecule has 0 aliphatic rings. The topological polar surface area (TPSA) is 30.0 Å². The van der Waals surface area contributed by atoms with Crippen molar-refractivity contribution in [3.63, 3.8) is 0 Å². The fraction of sp³-hybridized carbons (Fsp3) is 0.0769. The van der Waals surface area contributed by atoms with Gasteiger partial charge in [-0.15, -0.1) is 0 Å². The highest BCUT2D eigenvalue weighted by Gasteiger charge is 2.11. The van der Waals surface area contributed by atoms with Crippen molar-refractivity contribution in [3.05, 3.63) is 62.9 Å². The Labute approximate surface area is 120 Å². The second-order valence-electron chi connectivity index (χ2n) is 3.68. The number of carbonyl (C=O) groups is 1. The predicted octanol–water partition coefficient (Wildman–Crippen LogP) is 4.47. The summed E-state index contributed by atoms with van der Waals surface area (Å²) in [5, 5.41) is 1.21. The molecule has 0 spiro atoms. The number of pyridine rings is 1. The van der Waals surface area contributed by atoms with Crippen LogP contribution in [-0.4, -0.2) is 10.8 Å². The lowest BCUT2D eigenvalue weighted by Crippen LogP contribution is -2.04. The molecule has 0 unspecified atom stereocenters. The van der Waals surface area contributed by atoms with Gasteiger partial charge in [-0.25, -0.2) is 4.98 Å². The molecule has 1 aromatic heterocycles. The molecule has 0 N–H and O–H groups in total. The van der Waals surface area contributed by atoms with Crippen molar-refractivity contribution in [2.75, 3.05) is 0 Å². The first-order valence-corrected chi connectivity index (χ1v) is 6.29. The standard InChI is InChI=1S/C13H8Cl3NO/c14-10-3-1-2-8(13(10)16)6-11(18)9-4-5-12(15)17-7-9/h1-5,7H,6H2. The molecular formula is C13H8Cl3NO. The molecule has 0 fully saturated rings. The van der Waals surface area contributed by atoms with E-state index in [0.29, 0.717) is 26.3 Å². The van der Waals surface area contributed by atoms with Crippen LogP contribution in [0.25, 0.3) is 0 Å². The lowest BCUT2D eigenvalue weighted by Gasteiger charge is -2.05. The van der Waals surface area contributed by atoms with E-state index < -0.39 is 0 Å². The molecule has 1 heterocycles. The quantitative estimate of drug-likeness (QED) is 0.618. The first-order valence-electron chi connectivity index (χ1n) is 5.15. The van der Waals surface area contributed by atoms with E-state index in [4.69, 9.17) is 34.8 Å². The third kappa shape index (κ3) is 3.02. The van der Waals surface area contributed by atoms with Gasteiger partial charge >= 0.3 is 0 Å². The zero-order valence-corrected chi connectivity index (χ0v) is 11.4. The smallest absolute Gasteiger partial charge is 0.168 e. The van der Waals surface area contributed by atoms with Crippen LogP contribution in [0.4, 0.5) is 0 Å². The van der Waals surface area contributed by atoms with Gasteiger partial charge in [-0.2, -0.15) is 0 Å². The molecule has 2 rings (SSSR count). The maximum atomic E-state index is 12.0. The van der Waals surface area contributed by atoms with Gasteiger partial charge in [0, 0.05) is 18.2 Å². The summed E-state index contributed by atoms with van der Waals surface area (Å²) < 4.78 is 0. The van der Waals surface area contributed by atoms with Crippen molar-refractivity contribution in [2.24, 2.45) is 0 Å². The van der Waals surface area contributed by atoms with E-state index in [1.54, 1.807) is 30.3 Å². The Morgan fingerprint density at radius 2 is 1.89 bits per heavy atom. The van der Waals surface area contributed by atoms with Gasteiger partial charge < -0.3 is 0 Å². The van der Waals surface area contributed by atoms with E-state index in [1.165, 1.54) is 6.20 Å². The van der Waals surface area contributed by atoms with Crippen molar-refractivity contribution in [1.29, 1.82) is 0 Å². The van der Waals surface area contributed by atoms with E-state index in [2.05, 4.69) is 4.98 Å². The Morgan fingerprint density at radius 1 is 1.11 bits per heavy atom. The van der Waals surface area contributed by atoms with Crippen molar-refractivity contribution in [1.82, 2.24) is 4.98 Å². The zero-order chi connectivity index (χ0) is 13.1. The number of aromatic nitrogens is 1. The van der Waals surface area contributed by atoms with Gasteiger partial charge in [0.1, 0.15) is 5.15 Å². The van der Waals surface area contributed by atoms with E-state index >= 15 is 0 Å². The second kappa shape index (κ2) is 5.70. The molecular weight excluding hydrogens is 293 g/mol. The Balaban J connectivity index is 2.21. The molecule has 1 aromatic carbocycles. The van der Waals surface area contributed by atoms with Crippen molar-refractivity contribution in [3.8, 4) is 0 Å². The van der Waals surface area contributed by atoms with Crippen LogP contribution in [0.2, 0.25) is 15.2 Å². The highest BCUT2D eigenvalue weighted by molar-refractivity contribution is 6.42. The Bertz CT molecular complexity index is 581. The maximum absolute atomic E-state index is 12.0. The van der Waals surface area contributed by atoms with Gasteiger partial charge in [0.15, 0.2) is 5.78 Å². The maximum Gasteiger partial charge on any atom is 0.168 e. The van der Waals surface area contributed by atoms with Gasteiger partial charge in [-0.3, -0.25) is 4.79 Å². The zero-order valence-electron chi connectivity index (χ0n) is 9.16. The number of carbonyl (C=O) groups excluding carboxylic acids is 1. The minimum Gasteiger partial charge on any atom is -0.294 e. The van der Waals surface area contributed by atoms with Crippen LogP contribution in [0.5, 0.6) is 0 Å². The van der Waals surface area contributed by atoms with Crippen LogP contribution in [-0.2, 0) is 6.42 Å². The average molecular weight is 301 g/mol. The summed E-state index contributed by atoms with van der Waals surface area (Å²) in [6, 6.07) is 8.43. The normalized spacial score (nSPS) is 10.4. The number of nitrogens with zero attached hydrogens (tertiary/aromatic N) is 1. The number of benzene rings is 1. The first-order chi connectivity index (χ1) is 8.58. The number of Topliss-reactive ketones (excluding diaryl/α,β-unsaturated/α-hetero) is 1. The molecule has 92 valence electrons. The molecule has 18 heavy (non-hydrogen) atoms. The van der Waals surface area contributed by atoms with Crippen molar-refractivity contribution >= 4 is 40.6 Å². The van der Waals surface area contributed by atoms with Crippen molar-refractivity contribution < 1.29 is 4.79 Å². The monoisotopic (exact) mass is 299 g/mol. The van der Waals surface area contributed by atoms with Crippen LogP contribution in [0.3, 0.4) is 0 Å². The Hall–Kier alpha value is -1.09. The van der Waals surface area contributed by atoms with E-state index in [0.717, 1.165) is 0 Å². The summed E-state index contributed by atoms with van der Waals surface area (Å²) in [5.41, 5.74) is 1.19. The lowest BCUT2D eigenvalue weighted by atomic mass is 10.0. The van der Waals surface area contributed by atoms with Crippen LogP contribution < -0.4 is 0 Å². The summed E-state index contributed by atoms with van der Waals surface area (Å²) in [6.45, 7) is 0. The third-order valence-corrected chi connectivity index (χ3v) is 3.51. The molecule has 2 aromatic rings. The average Bonchev–Trinajstić information content (AvgIpc) is 2.36. The summed E-state index contributed by atoms with van der Waals surface area (Å²) >= 11 is 17.6. The van der Waals surface area contributed by atoms with E-state index in [-0.39, 0.29) is 12.2 Å². The SMILES string of the molecule is O=C(Cc1cccc(Cl)c1Cl)c1ccc(Cl)nc1. The number of rotatable bonds is 3. The van der Waals surface area contributed by atoms with Crippen molar-refractivity contribution in [2.45, 2.75) is 6.42 Å². The summed E-state index contributed by atoms with van der Waals surface area (Å²) in [5.74, 6) is -0.0802. The number of ketones is 1. The fourth-order valence-corrected chi connectivity index (χ4v) is 2.00. The van der Waals surface area contributed by atoms with Crippen LogP contribution in [0.1, 0.15) is 15.9 Å². The Kier molecular flexibility index (Phi) is 4.23.